The summed E-state index contributed by atoms with van der Waals surface area (Å²) in [5, 5.41) is 30.8. The van der Waals surface area contributed by atoms with Crippen molar-refractivity contribution < 1.29 is 23.6 Å². The van der Waals surface area contributed by atoms with Crippen molar-refractivity contribution in [3.8, 4) is 6.07 Å². The second kappa shape index (κ2) is 45.5. The fraction of sp³-hybridized carbons (Fsp3) is 0.104. The molecule has 0 fully saturated rings. The normalized spacial score (nSPS) is 11.1. The molecule has 4 amide bonds. The van der Waals surface area contributed by atoms with Crippen LogP contribution >= 0.6 is 173 Å². The van der Waals surface area contributed by atoms with Crippen LogP contribution in [-0.4, -0.2) is 51.3 Å². The van der Waals surface area contributed by atoms with Crippen molar-refractivity contribution in [1.82, 2.24) is 21.3 Å². The van der Waals surface area contributed by atoms with Crippen LogP contribution in [0.1, 0.15) is 85.9 Å². The molecule has 0 radical (unpaired) electrons. The lowest BCUT2D eigenvalue weighted by Gasteiger charge is -2.11. The minimum absolute atomic E-state index is 0.0225. The van der Waals surface area contributed by atoms with Gasteiger partial charge in [0.25, 0.3) is 23.6 Å². The average molecular weight is 1930 g/mol. The first-order chi connectivity index (χ1) is 51.7. The van der Waals surface area contributed by atoms with Gasteiger partial charge in [0.2, 0.25) is 0 Å². The lowest BCUT2D eigenvalue weighted by Crippen LogP contribution is -2.24. The minimum Gasteiger partial charge on any atom is -0.379 e. The highest BCUT2D eigenvalue weighted by Crippen LogP contribution is 2.29. The summed E-state index contributed by atoms with van der Waals surface area (Å²) in [5.74, 6) is 0.654. The number of carbonyl (C=O) groups is 4. The number of nitrogens with one attached hydrogen (secondary N) is 5. The van der Waals surface area contributed by atoms with Crippen LogP contribution in [0.25, 0.3) is 0 Å². The van der Waals surface area contributed by atoms with Crippen LogP contribution < -0.4 is 44.2 Å². The van der Waals surface area contributed by atoms with Gasteiger partial charge in [0.05, 0.1) is 33.7 Å². The van der Waals surface area contributed by atoms with Crippen LogP contribution in [0.15, 0.2) is 250 Å². The minimum atomic E-state index is -0.518. The third kappa shape index (κ3) is 30.7. The molecule has 0 aromatic heterocycles. The first-order valence-corrected chi connectivity index (χ1v) is 41.1. The number of carbonyl (C=O) groups excluding carboxylic acids is 4. The van der Waals surface area contributed by atoms with Gasteiger partial charge in [-0.2, -0.15) is 5.26 Å². The number of nitrogens with zero attached hydrogens (tertiary/aromatic N) is 4. The van der Waals surface area contributed by atoms with E-state index in [1.165, 1.54) is 65.2 Å². The first kappa shape index (κ1) is 87.6. The quantitative estimate of drug-likeness (QED) is 0.0239. The Kier molecular flexibility index (Phi) is 36.9. The van der Waals surface area contributed by atoms with E-state index in [0.29, 0.717) is 102 Å². The van der Waals surface area contributed by atoms with Crippen LogP contribution in [0, 0.1) is 22.6 Å². The van der Waals surface area contributed by atoms with Gasteiger partial charge in [-0.25, -0.2) is 19.4 Å². The summed E-state index contributed by atoms with van der Waals surface area (Å²) in [6.45, 7) is 1.23. The standard InChI is InChI=1S/C22H18Br2ClN3OS.C22H17BrCl2FN3OS.C17H15BrN4OS.C16H15BrClN3OS/c23-16-3-8-19(9-4-16)28-22(26)30-13-15-11-17(24)5-10-20(15)21(29)27-12-14-1-6-18(25)7-2-14;23-15-3-7-18(21(30)28-11-13-1-4-16(24)5-2-13)14(9-15)12-31-22(27)29-17-6-8-20(26)19(25)10-17;1-21-16(23)15-7-2-11(9-19)8-12(15)10-24-17(20)22-14-5-3-13(18)4-6-14;17-12-3-6-14(11(7-12)9-23-16(19)20)15(22)21-8-10-1-4-13(18)5-2-10/h1-11H,12-13H2,(H2,26,28)(H,27,29);1-10H,11-12H2,(H2,27,29)(H,28,30);2-8H,10H2,1H3,(H2,20,22)(H,21,23);1-7H,8-9H2,(H3,19,20)(H,21,22). The molecule has 0 aliphatic carbocycles. The molecule has 0 heterocycles. The molecule has 0 aliphatic heterocycles. The number of hydrogen-bond acceptors (Lipinski definition) is 13. The van der Waals surface area contributed by atoms with Crippen LogP contribution in [0.5, 0.6) is 0 Å². The zero-order valence-corrected chi connectivity index (χ0v) is 71.0. The van der Waals surface area contributed by atoms with Crippen LogP contribution in [0.4, 0.5) is 21.5 Å². The monoisotopic (exact) mass is 1920 g/mol. The molecule has 10 aromatic rings. The number of nitrogens with two attached hydrogens (primary N) is 4. The third-order valence-electron chi connectivity index (χ3n) is 14.5. The van der Waals surface area contributed by atoms with Gasteiger partial charge >= 0.3 is 0 Å². The number of benzene rings is 10. The van der Waals surface area contributed by atoms with Gasteiger partial charge in [0, 0.05) is 109 Å². The third-order valence-corrected chi connectivity index (χ3v) is 21.4. The smallest absolute Gasteiger partial charge is 0.251 e. The zero-order valence-electron chi connectivity index (χ0n) is 56.8. The topological polar surface area (TPSA) is 305 Å². The van der Waals surface area contributed by atoms with E-state index in [1.807, 2.05) is 121 Å². The van der Waals surface area contributed by atoms with Crippen LogP contribution in [-0.2, 0) is 42.6 Å². The van der Waals surface area contributed by atoms with E-state index in [4.69, 9.17) is 80.0 Å². The summed E-state index contributed by atoms with van der Waals surface area (Å²) in [5.41, 5.74) is 34.3. The molecule has 108 heavy (non-hydrogen) atoms. The predicted octanol–water partition coefficient (Wildman–Crippen LogP) is 21.1. The van der Waals surface area contributed by atoms with Crippen molar-refractivity contribution in [2.45, 2.75) is 42.6 Å². The maximum absolute atomic E-state index is 13.3. The fourth-order valence-electron chi connectivity index (χ4n) is 9.16. The number of rotatable bonds is 21. The maximum Gasteiger partial charge on any atom is 0.251 e. The molecule has 0 aliphatic rings. The van der Waals surface area contributed by atoms with Gasteiger partial charge in [-0.05, 0) is 215 Å². The highest BCUT2D eigenvalue weighted by atomic mass is 79.9. The lowest BCUT2D eigenvalue weighted by atomic mass is 10.1. The first-order valence-electron chi connectivity index (χ1n) is 31.7. The highest BCUT2D eigenvalue weighted by molar-refractivity contribution is 9.11. The Morgan fingerprint density at radius 1 is 0.417 bits per heavy atom. The molecule has 0 bridgehead atoms. The number of amides is 4. The molecular formula is C77H65Br5Cl4FN13O4S4. The Morgan fingerprint density at radius 3 is 1.06 bits per heavy atom. The lowest BCUT2D eigenvalue weighted by molar-refractivity contribution is 0.0942. The van der Waals surface area contributed by atoms with E-state index < -0.39 is 5.82 Å². The van der Waals surface area contributed by atoms with Crippen LogP contribution in [0.3, 0.4) is 0 Å². The van der Waals surface area contributed by atoms with E-state index >= 15 is 0 Å². The van der Waals surface area contributed by atoms with Crippen molar-refractivity contribution in [2.75, 3.05) is 7.05 Å². The van der Waals surface area contributed by atoms with Gasteiger partial charge in [-0.3, -0.25) is 24.6 Å². The molecular weight excluding hydrogens is 1860 g/mol. The molecule has 0 atom stereocenters. The Bertz CT molecular complexity index is 4940. The average Bonchev–Trinajstić information content (AvgIpc) is 0.851. The molecule has 31 heteroatoms. The van der Waals surface area contributed by atoms with Crippen molar-refractivity contribution in [2.24, 2.45) is 37.9 Å². The van der Waals surface area contributed by atoms with Crippen molar-refractivity contribution in [1.29, 1.82) is 10.7 Å². The van der Waals surface area contributed by atoms with E-state index in [-0.39, 0.29) is 39.0 Å². The van der Waals surface area contributed by atoms with E-state index in [0.717, 1.165) is 72.7 Å². The Hall–Kier alpha value is -7.66. The number of thioether (sulfide) groups is 4. The maximum atomic E-state index is 13.3. The van der Waals surface area contributed by atoms with Crippen LogP contribution in [0.2, 0.25) is 20.1 Å². The molecule has 17 nitrogen and oxygen atoms in total. The molecule has 556 valence electrons. The number of halogens is 10. The number of nitriles is 1. The zero-order chi connectivity index (χ0) is 78.2. The molecule has 0 spiro atoms. The van der Waals surface area contributed by atoms with Crippen molar-refractivity contribution >= 4 is 234 Å². The summed E-state index contributed by atoms with van der Waals surface area (Å²) >= 11 is 45.7. The van der Waals surface area contributed by atoms with Gasteiger partial charge in [0.15, 0.2) is 20.7 Å². The SMILES string of the molecule is CNC(=O)c1ccc(C#N)cc1CSC(N)=Nc1ccc(Br)cc1.N=C(N)SCc1cc(Br)ccc1C(=O)NCc1ccc(Cl)cc1.NC(=Nc1ccc(Br)cc1)SCc1cc(Br)ccc1C(=O)NCc1ccc(Cl)cc1.NC(=Nc1ccc(F)c(Cl)c1)SCc1cc(Br)ccc1C(=O)NCc1ccc(Cl)cc1. The fourth-order valence-corrected chi connectivity index (χ4v) is 14.2. The number of aliphatic imine (C=N–C) groups is 3. The molecule has 10 rings (SSSR count). The van der Waals surface area contributed by atoms with E-state index in [2.05, 4.69) is 122 Å². The summed E-state index contributed by atoms with van der Waals surface area (Å²) in [6, 6.07) is 64.7. The van der Waals surface area contributed by atoms with E-state index in [1.54, 1.807) is 79.8 Å². The Morgan fingerprint density at radius 2 is 0.722 bits per heavy atom. The number of amidine groups is 4. The largest absolute Gasteiger partial charge is 0.379 e. The second-order valence-corrected chi connectivity index (χ2v) is 32.6. The Balaban J connectivity index is 0.000000202. The number of hydrogen-bond donors (Lipinski definition) is 9. The van der Waals surface area contributed by atoms with Gasteiger partial charge in [-0.15, -0.1) is 0 Å². The molecule has 0 saturated carbocycles. The van der Waals surface area contributed by atoms with E-state index in [9.17, 15) is 23.6 Å². The summed E-state index contributed by atoms with van der Waals surface area (Å²) in [6.07, 6.45) is 0. The van der Waals surface area contributed by atoms with Crippen molar-refractivity contribution in [3.05, 3.63) is 327 Å². The van der Waals surface area contributed by atoms with Crippen molar-refractivity contribution in [3.63, 3.8) is 0 Å². The summed E-state index contributed by atoms with van der Waals surface area (Å²) in [4.78, 5) is 62.8. The summed E-state index contributed by atoms with van der Waals surface area (Å²) < 4.78 is 17.9. The predicted molar refractivity (Wildman–Crippen MR) is 465 cm³/mol. The second-order valence-electron chi connectivity index (χ2n) is 22.3. The van der Waals surface area contributed by atoms with Gasteiger partial charge in [-0.1, -0.05) is 209 Å². The van der Waals surface area contributed by atoms with Gasteiger partial charge in [0.1, 0.15) is 5.82 Å². The summed E-state index contributed by atoms with van der Waals surface area (Å²) in [7, 11) is 1.57. The van der Waals surface area contributed by atoms with Gasteiger partial charge < -0.3 is 44.2 Å². The Labute approximate surface area is 703 Å². The highest BCUT2D eigenvalue weighted by Gasteiger charge is 2.18. The molecule has 13 N–H and O–H groups in total. The molecule has 0 unspecified atom stereocenters. The molecule has 10 aromatic carbocycles. The molecule has 0 saturated heterocycles.